The van der Waals surface area contributed by atoms with E-state index in [-0.39, 0.29) is 0 Å². The number of hydrogen-bond acceptors (Lipinski definition) is 1. The zero-order valence-electron chi connectivity index (χ0n) is 31.3. The van der Waals surface area contributed by atoms with E-state index in [0.29, 0.717) is 0 Å². The van der Waals surface area contributed by atoms with E-state index in [2.05, 4.69) is 229 Å². The minimum absolute atomic E-state index is 1.10. The highest BCUT2D eigenvalue weighted by atomic mass is 15.1. The van der Waals surface area contributed by atoms with Gasteiger partial charge in [0.1, 0.15) is 0 Å². The molecule has 0 aliphatic carbocycles. The molecule has 1 heteroatoms. The molecule has 0 aliphatic rings. The van der Waals surface area contributed by atoms with Crippen LogP contribution >= 0.6 is 0 Å². The minimum atomic E-state index is 1.10. The van der Waals surface area contributed by atoms with Crippen LogP contribution in [0.3, 0.4) is 0 Å². The van der Waals surface area contributed by atoms with Crippen LogP contribution in [0.25, 0.3) is 87.2 Å². The van der Waals surface area contributed by atoms with Gasteiger partial charge in [0, 0.05) is 17.1 Å². The summed E-state index contributed by atoms with van der Waals surface area (Å²) in [7, 11) is 0. The lowest BCUT2D eigenvalue weighted by Crippen LogP contribution is -2.10. The van der Waals surface area contributed by atoms with E-state index in [4.69, 9.17) is 0 Å². The van der Waals surface area contributed by atoms with Crippen molar-refractivity contribution in [1.82, 2.24) is 0 Å². The fraction of sp³-hybridized carbons (Fsp3) is 0. The number of benzene rings is 11. The summed E-state index contributed by atoms with van der Waals surface area (Å²) >= 11 is 0. The Morgan fingerprint density at radius 1 is 0.211 bits per heavy atom. The average Bonchev–Trinajstić information content (AvgIpc) is 3.29. The highest BCUT2D eigenvalue weighted by Crippen LogP contribution is 2.42. The molecule has 0 unspecified atom stereocenters. The zero-order chi connectivity index (χ0) is 37.7. The molecule has 57 heavy (non-hydrogen) atoms. The SMILES string of the molecule is c1ccc(-c2ccc(-c3cccc(N(c4ccc(-c5ccc6ccc7c8ccccc8ccc7c6c5)cc4)c4ccc5ccccc5c4)c3)c3ccccc23)cc1. The Morgan fingerprint density at radius 2 is 0.737 bits per heavy atom. The third-order valence-electron chi connectivity index (χ3n) is 11.6. The molecule has 0 saturated heterocycles. The van der Waals surface area contributed by atoms with Gasteiger partial charge in [-0.1, -0.05) is 182 Å². The number of anilines is 3. The summed E-state index contributed by atoms with van der Waals surface area (Å²) in [5, 5.41) is 12.6. The van der Waals surface area contributed by atoms with Crippen molar-refractivity contribution in [3.05, 3.63) is 224 Å². The maximum atomic E-state index is 2.39. The first-order valence-electron chi connectivity index (χ1n) is 19.7. The van der Waals surface area contributed by atoms with Crippen molar-refractivity contribution in [1.29, 1.82) is 0 Å². The van der Waals surface area contributed by atoms with Crippen molar-refractivity contribution in [2.24, 2.45) is 0 Å². The van der Waals surface area contributed by atoms with Crippen molar-refractivity contribution < 1.29 is 0 Å². The Bertz CT molecular complexity index is 3290. The van der Waals surface area contributed by atoms with Gasteiger partial charge in [-0.3, -0.25) is 0 Å². The predicted octanol–water partition coefficient (Wildman–Crippen LogP) is 15.9. The van der Waals surface area contributed by atoms with Crippen LogP contribution in [0, 0.1) is 0 Å². The molecule has 11 aromatic rings. The first-order chi connectivity index (χ1) is 28.2. The van der Waals surface area contributed by atoms with Crippen LogP contribution in [-0.2, 0) is 0 Å². The molecule has 0 spiro atoms. The molecule has 0 amide bonds. The second-order valence-electron chi connectivity index (χ2n) is 14.9. The lowest BCUT2D eigenvalue weighted by molar-refractivity contribution is 1.29. The smallest absolute Gasteiger partial charge is 0.0468 e. The Labute approximate surface area is 332 Å². The summed E-state index contributed by atoms with van der Waals surface area (Å²) < 4.78 is 0. The van der Waals surface area contributed by atoms with E-state index in [0.717, 1.165) is 17.1 Å². The molecule has 0 fully saturated rings. The first-order valence-corrected chi connectivity index (χ1v) is 19.7. The number of nitrogens with zero attached hydrogens (tertiary/aromatic N) is 1. The lowest BCUT2D eigenvalue weighted by Gasteiger charge is -2.27. The average molecular weight is 724 g/mol. The second kappa shape index (κ2) is 13.7. The molecular weight excluding hydrogens is 687 g/mol. The van der Waals surface area contributed by atoms with E-state index in [1.807, 2.05) is 0 Å². The normalized spacial score (nSPS) is 11.5. The summed E-state index contributed by atoms with van der Waals surface area (Å²) in [6, 6.07) is 82.1. The lowest BCUT2D eigenvalue weighted by atomic mass is 9.92. The van der Waals surface area contributed by atoms with Gasteiger partial charge in [0.25, 0.3) is 0 Å². The van der Waals surface area contributed by atoms with Crippen LogP contribution in [0.1, 0.15) is 0 Å². The maximum absolute atomic E-state index is 2.39. The summed E-state index contributed by atoms with van der Waals surface area (Å²) in [5.41, 5.74) is 10.6. The summed E-state index contributed by atoms with van der Waals surface area (Å²) in [6.45, 7) is 0. The quantitative estimate of drug-likeness (QED) is 0.154. The van der Waals surface area contributed by atoms with Crippen molar-refractivity contribution in [2.75, 3.05) is 4.90 Å². The molecule has 0 atom stereocenters. The van der Waals surface area contributed by atoms with Gasteiger partial charge in [0.2, 0.25) is 0 Å². The van der Waals surface area contributed by atoms with Gasteiger partial charge in [0.05, 0.1) is 0 Å². The molecule has 0 radical (unpaired) electrons. The molecule has 0 N–H and O–H groups in total. The highest BCUT2D eigenvalue weighted by molar-refractivity contribution is 6.17. The predicted molar refractivity (Wildman–Crippen MR) is 245 cm³/mol. The summed E-state index contributed by atoms with van der Waals surface area (Å²) in [4.78, 5) is 2.39. The van der Waals surface area contributed by atoms with Crippen molar-refractivity contribution >= 4 is 70.9 Å². The van der Waals surface area contributed by atoms with Crippen LogP contribution in [0.4, 0.5) is 17.1 Å². The van der Waals surface area contributed by atoms with Gasteiger partial charge in [-0.05, 0) is 130 Å². The molecule has 0 aromatic heterocycles. The molecule has 1 nitrogen and oxygen atoms in total. The van der Waals surface area contributed by atoms with Gasteiger partial charge < -0.3 is 4.90 Å². The number of hydrogen-bond donors (Lipinski definition) is 0. The molecule has 0 heterocycles. The third-order valence-corrected chi connectivity index (χ3v) is 11.6. The molecule has 0 saturated carbocycles. The molecule has 0 aliphatic heterocycles. The Kier molecular flexibility index (Phi) is 7.89. The van der Waals surface area contributed by atoms with Crippen LogP contribution in [0.2, 0.25) is 0 Å². The topological polar surface area (TPSA) is 3.24 Å². The largest absolute Gasteiger partial charge is 0.310 e. The minimum Gasteiger partial charge on any atom is -0.310 e. The van der Waals surface area contributed by atoms with Gasteiger partial charge in [-0.2, -0.15) is 0 Å². The monoisotopic (exact) mass is 723 g/mol. The van der Waals surface area contributed by atoms with Crippen LogP contribution in [0.5, 0.6) is 0 Å². The van der Waals surface area contributed by atoms with E-state index >= 15 is 0 Å². The third kappa shape index (κ3) is 5.80. The maximum Gasteiger partial charge on any atom is 0.0468 e. The van der Waals surface area contributed by atoms with Crippen molar-refractivity contribution in [3.63, 3.8) is 0 Å². The molecule has 0 bridgehead atoms. The van der Waals surface area contributed by atoms with Gasteiger partial charge in [-0.25, -0.2) is 0 Å². The van der Waals surface area contributed by atoms with Crippen molar-refractivity contribution in [3.8, 4) is 33.4 Å². The molecule has 11 rings (SSSR count). The molecule has 266 valence electrons. The number of rotatable bonds is 6. The van der Waals surface area contributed by atoms with E-state index < -0.39 is 0 Å². The Morgan fingerprint density at radius 3 is 1.51 bits per heavy atom. The molecule has 11 aromatic carbocycles. The summed E-state index contributed by atoms with van der Waals surface area (Å²) in [6.07, 6.45) is 0. The van der Waals surface area contributed by atoms with Gasteiger partial charge in [-0.15, -0.1) is 0 Å². The van der Waals surface area contributed by atoms with Crippen LogP contribution < -0.4 is 4.90 Å². The first kappa shape index (κ1) is 32.9. The fourth-order valence-electron chi connectivity index (χ4n) is 8.80. The fourth-order valence-corrected chi connectivity index (χ4v) is 8.80. The number of fused-ring (bicyclic) bond motifs is 7. The van der Waals surface area contributed by atoms with E-state index in [1.165, 1.54) is 87.2 Å². The molecular formula is C56H37N. The van der Waals surface area contributed by atoms with Crippen molar-refractivity contribution in [2.45, 2.75) is 0 Å². The van der Waals surface area contributed by atoms with Crippen LogP contribution in [0.15, 0.2) is 224 Å². The van der Waals surface area contributed by atoms with Gasteiger partial charge in [0.15, 0.2) is 0 Å². The van der Waals surface area contributed by atoms with Crippen LogP contribution in [-0.4, -0.2) is 0 Å². The van der Waals surface area contributed by atoms with Gasteiger partial charge >= 0.3 is 0 Å². The standard InChI is InChI=1S/C56H37N/c1-2-12-40(13-3-1)50-33-34-51(53-20-9-8-19-52(50)53)45-16-10-17-47(36-45)57(48-30-25-38-11-4-5-15-43(38)35-48)46-28-23-39(24-29-46)44-22-21-42-27-31-54-49-18-7-6-14-41(49)26-32-55(54)56(42)37-44/h1-37H. The Hall–Kier alpha value is -7.48. The highest BCUT2D eigenvalue weighted by Gasteiger charge is 2.16. The van der Waals surface area contributed by atoms with E-state index in [1.54, 1.807) is 0 Å². The zero-order valence-corrected chi connectivity index (χ0v) is 31.3. The second-order valence-corrected chi connectivity index (χ2v) is 14.9. The van der Waals surface area contributed by atoms with E-state index in [9.17, 15) is 0 Å². The Balaban J connectivity index is 1.02. The summed E-state index contributed by atoms with van der Waals surface area (Å²) in [5.74, 6) is 0.